The number of hydrazone groups is 1. The fourth-order valence-corrected chi connectivity index (χ4v) is 2.78. The van der Waals surface area contributed by atoms with Gasteiger partial charge in [-0.05, 0) is 43.7 Å². The van der Waals surface area contributed by atoms with E-state index < -0.39 is 24.2 Å². The van der Waals surface area contributed by atoms with Crippen LogP contribution in [0, 0.1) is 6.92 Å². The lowest BCUT2D eigenvalue weighted by molar-refractivity contribution is -0.297. The van der Waals surface area contributed by atoms with Crippen LogP contribution in [0.4, 0.5) is 13.2 Å². The first-order valence-electron chi connectivity index (χ1n) is 8.11. The van der Waals surface area contributed by atoms with Crippen LogP contribution >= 0.6 is 11.6 Å². The first-order valence-corrected chi connectivity index (χ1v) is 8.49. The monoisotopic (exact) mass is 416 g/mol. The average molecular weight is 417 g/mol. The summed E-state index contributed by atoms with van der Waals surface area (Å²) in [4.78, 5) is 12.5. The smallest absolute Gasteiger partial charge is 0.438 e. The highest BCUT2D eigenvalue weighted by molar-refractivity contribution is 6.31. The molecule has 11 heteroatoms. The number of carbonyl (C=O) groups is 1. The number of amides is 1. The van der Waals surface area contributed by atoms with E-state index in [1.807, 2.05) is 0 Å². The zero-order chi connectivity index (χ0) is 20.7. The van der Waals surface area contributed by atoms with E-state index in [1.54, 1.807) is 25.1 Å². The second-order valence-corrected chi connectivity index (χ2v) is 6.78. The fraction of sp³-hybridized carbons (Fsp3) is 0.353. The number of rotatable bonds is 4. The Bertz CT molecular complexity index is 944. The molecular formula is C17H16ClF3N4O3. The number of aryl methyl sites for hydroxylation is 1. The standard InChI is InChI=1S/C17H16ClF3N4O3/c1-10-7-12(3-4-13(10)18)28-9-24-6-5-14(23-24)15(26)25-16(27,17(19,20)21)8-11(2)22-25/h3-7,27H,8-9H2,1-2H3. The first-order chi connectivity index (χ1) is 13.0. The van der Waals surface area contributed by atoms with E-state index in [2.05, 4.69) is 10.2 Å². The van der Waals surface area contributed by atoms with E-state index in [9.17, 15) is 23.1 Å². The van der Waals surface area contributed by atoms with Crippen molar-refractivity contribution in [2.24, 2.45) is 5.10 Å². The highest BCUT2D eigenvalue weighted by atomic mass is 35.5. The van der Waals surface area contributed by atoms with E-state index in [1.165, 1.54) is 23.9 Å². The fourth-order valence-electron chi connectivity index (χ4n) is 2.66. The van der Waals surface area contributed by atoms with Gasteiger partial charge in [-0.3, -0.25) is 4.79 Å². The minimum Gasteiger partial charge on any atom is -0.471 e. The maximum Gasteiger partial charge on any atom is 0.438 e. The molecule has 7 nitrogen and oxygen atoms in total. The Morgan fingerprint density at radius 2 is 2.07 bits per heavy atom. The number of aromatic nitrogens is 2. The summed E-state index contributed by atoms with van der Waals surface area (Å²) >= 11 is 5.94. The second-order valence-electron chi connectivity index (χ2n) is 6.37. The lowest BCUT2D eigenvalue weighted by Gasteiger charge is -2.32. The quantitative estimate of drug-likeness (QED) is 0.828. The number of ether oxygens (including phenoxy) is 1. The molecule has 1 unspecified atom stereocenters. The summed E-state index contributed by atoms with van der Waals surface area (Å²) < 4.78 is 46.5. The number of alkyl halides is 3. The molecule has 1 aromatic carbocycles. The van der Waals surface area contributed by atoms with Gasteiger partial charge in [-0.1, -0.05) is 11.6 Å². The number of hydrogen-bond acceptors (Lipinski definition) is 5. The van der Waals surface area contributed by atoms with Crippen LogP contribution in [0.5, 0.6) is 5.75 Å². The maximum absolute atomic E-state index is 13.2. The van der Waals surface area contributed by atoms with Crippen LogP contribution in [-0.2, 0) is 6.73 Å². The minimum atomic E-state index is -5.07. The third-order valence-electron chi connectivity index (χ3n) is 4.12. The molecule has 28 heavy (non-hydrogen) atoms. The van der Waals surface area contributed by atoms with Crippen LogP contribution < -0.4 is 4.74 Å². The largest absolute Gasteiger partial charge is 0.471 e. The normalized spacial score (nSPS) is 19.7. The summed E-state index contributed by atoms with van der Waals surface area (Å²) in [5.74, 6) is -0.658. The molecule has 150 valence electrons. The molecule has 0 spiro atoms. The molecule has 0 saturated carbocycles. The Kier molecular flexibility index (Phi) is 5.11. The molecule has 0 bridgehead atoms. The highest BCUT2D eigenvalue weighted by Gasteiger charge is 2.63. The van der Waals surface area contributed by atoms with Crippen molar-refractivity contribution in [1.82, 2.24) is 14.8 Å². The Hall–Kier alpha value is -2.59. The number of nitrogens with zero attached hydrogens (tertiary/aromatic N) is 4. The predicted octanol–water partition coefficient (Wildman–Crippen LogP) is 3.35. The summed E-state index contributed by atoms with van der Waals surface area (Å²) in [6.07, 6.45) is -4.51. The number of carbonyl (C=O) groups excluding carboxylic acids is 1. The molecule has 0 fully saturated rings. The number of halogens is 4. The second kappa shape index (κ2) is 7.10. The van der Waals surface area contributed by atoms with Gasteiger partial charge in [0.2, 0.25) is 0 Å². The lowest BCUT2D eigenvalue weighted by atomic mass is 10.1. The maximum atomic E-state index is 13.2. The van der Waals surface area contributed by atoms with Crippen LogP contribution in [0.15, 0.2) is 35.6 Å². The number of hydrogen-bond donors (Lipinski definition) is 1. The van der Waals surface area contributed by atoms with Gasteiger partial charge in [0.25, 0.3) is 11.6 Å². The molecule has 2 aromatic rings. The van der Waals surface area contributed by atoms with Crippen molar-refractivity contribution in [1.29, 1.82) is 0 Å². The molecule has 1 atom stereocenters. The third-order valence-corrected chi connectivity index (χ3v) is 4.55. The van der Waals surface area contributed by atoms with Crippen molar-refractivity contribution >= 4 is 23.2 Å². The highest BCUT2D eigenvalue weighted by Crippen LogP contribution is 2.40. The van der Waals surface area contributed by atoms with Gasteiger partial charge >= 0.3 is 6.18 Å². The Balaban J connectivity index is 1.74. The predicted molar refractivity (Wildman–Crippen MR) is 93.9 cm³/mol. The summed E-state index contributed by atoms with van der Waals surface area (Å²) in [7, 11) is 0. The van der Waals surface area contributed by atoms with Gasteiger partial charge < -0.3 is 9.84 Å². The summed E-state index contributed by atoms with van der Waals surface area (Å²) in [5.41, 5.74) is -2.91. The molecule has 3 rings (SSSR count). The molecule has 1 aliphatic heterocycles. The Morgan fingerprint density at radius 3 is 2.71 bits per heavy atom. The van der Waals surface area contributed by atoms with Gasteiger partial charge in [0.1, 0.15) is 5.75 Å². The molecule has 0 saturated heterocycles. The average Bonchev–Trinajstić information content (AvgIpc) is 3.20. The van der Waals surface area contributed by atoms with E-state index in [-0.39, 0.29) is 23.1 Å². The van der Waals surface area contributed by atoms with Gasteiger partial charge in [0, 0.05) is 23.4 Å². The number of aliphatic hydroxyl groups is 1. The molecule has 1 amide bonds. The van der Waals surface area contributed by atoms with Gasteiger partial charge in [-0.2, -0.15) is 28.4 Å². The van der Waals surface area contributed by atoms with Crippen molar-refractivity contribution in [2.45, 2.75) is 38.9 Å². The third kappa shape index (κ3) is 3.69. The van der Waals surface area contributed by atoms with Crippen LogP contribution in [0.1, 0.15) is 29.4 Å². The summed E-state index contributed by atoms with van der Waals surface area (Å²) in [6, 6.07) is 6.24. The van der Waals surface area contributed by atoms with E-state index >= 15 is 0 Å². The van der Waals surface area contributed by atoms with Gasteiger partial charge in [-0.25, -0.2) is 4.68 Å². The number of benzene rings is 1. The van der Waals surface area contributed by atoms with Crippen molar-refractivity contribution in [3.8, 4) is 5.75 Å². The molecule has 0 aliphatic carbocycles. The topological polar surface area (TPSA) is 80.0 Å². The van der Waals surface area contributed by atoms with Crippen molar-refractivity contribution in [3.05, 3.63) is 46.7 Å². The van der Waals surface area contributed by atoms with Crippen LogP contribution in [0.25, 0.3) is 0 Å². The molecule has 0 radical (unpaired) electrons. The molecule has 1 aliphatic rings. The summed E-state index contributed by atoms with van der Waals surface area (Å²) in [5, 5.41) is 18.1. The zero-order valence-corrected chi connectivity index (χ0v) is 15.6. The summed E-state index contributed by atoms with van der Waals surface area (Å²) in [6.45, 7) is 3.02. The van der Waals surface area contributed by atoms with Gasteiger partial charge in [0.15, 0.2) is 12.4 Å². The van der Waals surface area contributed by atoms with Crippen molar-refractivity contribution in [3.63, 3.8) is 0 Å². The Morgan fingerprint density at radius 1 is 1.36 bits per heavy atom. The van der Waals surface area contributed by atoms with Crippen molar-refractivity contribution in [2.75, 3.05) is 0 Å². The lowest BCUT2D eigenvalue weighted by Crippen LogP contribution is -2.56. The van der Waals surface area contributed by atoms with Crippen LogP contribution in [-0.4, -0.2) is 43.4 Å². The molecule has 1 N–H and O–H groups in total. The Labute approximate surface area is 163 Å². The molecule has 2 heterocycles. The van der Waals surface area contributed by atoms with E-state index in [4.69, 9.17) is 16.3 Å². The molecule has 1 aromatic heterocycles. The van der Waals surface area contributed by atoms with E-state index in [0.29, 0.717) is 10.8 Å². The van der Waals surface area contributed by atoms with Crippen LogP contribution in [0.2, 0.25) is 5.02 Å². The van der Waals surface area contributed by atoms with Crippen LogP contribution in [0.3, 0.4) is 0 Å². The zero-order valence-electron chi connectivity index (χ0n) is 14.9. The minimum absolute atomic E-state index is 0.0194. The van der Waals surface area contributed by atoms with Gasteiger partial charge in [0.05, 0.1) is 0 Å². The van der Waals surface area contributed by atoms with Crippen molar-refractivity contribution < 1.29 is 27.8 Å². The van der Waals surface area contributed by atoms with E-state index in [0.717, 1.165) is 5.56 Å². The van der Waals surface area contributed by atoms with Gasteiger partial charge in [-0.15, -0.1) is 0 Å². The first kappa shape index (κ1) is 20.2. The molecular weight excluding hydrogens is 401 g/mol. The SMILES string of the molecule is CC1=NN(C(=O)c2ccn(COc3ccc(Cl)c(C)c3)n2)C(O)(C(F)(F)F)C1.